The van der Waals surface area contributed by atoms with Crippen LogP contribution in [-0.2, 0) is 14.3 Å². The van der Waals surface area contributed by atoms with Crippen LogP contribution in [0, 0.1) is 0 Å². The summed E-state index contributed by atoms with van der Waals surface area (Å²) in [4.78, 5) is 11.5. The van der Waals surface area contributed by atoms with E-state index in [4.69, 9.17) is 9.47 Å². The molecule has 1 N–H and O–H groups in total. The van der Waals surface area contributed by atoms with E-state index in [1.165, 1.54) is 0 Å². The topological polar surface area (TPSA) is 47.6 Å². The molecule has 0 aliphatic heterocycles. The van der Waals surface area contributed by atoms with Gasteiger partial charge in [0.05, 0.1) is 12.7 Å². The molecular formula is C11H23NO3. The molecule has 15 heavy (non-hydrogen) atoms. The number of nitrogens with one attached hydrogen (secondary N) is 1. The predicted octanol–water partition coefficient (Wildman–Crippen LogP) is 1.34. The number of hydrogen-bond donors (Lipinski definition) is 1. The lowest BCUT2D eigenvalue weighted by molar-refractivity contribution is -0.146. The normalized spacial score (nSPS) is 12.9. The summed E-state index contributed by atoms with van der Waals surface area (Å²) in [5.41, 5.74) is 0. The molecule has 0 aromatic rings. The van der Waals surface area contributed by atoms with Crippen molar-refractivity contribution in [3.05, 3.63) is 0 Å². The van der Waals surface area contributed by atoms with Gasteiger partial charge in [0, 0.05) is 6.61 Å². The van der Waals surface area contributed by atoms with Gasteiger partial charge in [-0.05, 0) is 33.7 Å². The predicted molar refractivity (Wildman–Crippen MR) is 59.8 cm³/mol. The van der Waals surface area contributed by atoms with Crippen molar-refractivity contribution in [1.82, 2.24) is 5.32 Å². The molecule has 4 heteroatoms. The molecule has 0 aromatic carbocycles. The van der Waals surface area contributed by atoms with Crippen molar-refractivity contribution in [2.75, 3.05) is 19.8 Å². The summed E-state index contributed by atoms with van der Waals surface area (Å²) >= 11 is 0. The molecule has 0 aromatic heterocycles. The monoisotopic (exact) mass is 217 g/mol. The smallest absolute Gasteiger partial charge is 0.323 e. The van der Waals surface area contributed by atoms with E-state index in [0.717, 1.165) is 6.54 Å². The van der Waals surface area contributed by atoms with Gasteiger partial charge in [-0.1, -0.05) is 6.92 Å². The number of likely N-dealkylation sites (N-methyl/N-ethyl adjacent to an activating group) is 1. The fourth-order valence-corrected chi connectivity index (χ4v) is 1.21. The average molecular weight is 217 g/mol. The van der Waals surface area contributed by atoms with Crippen LogP contribution in [0.25, 0.3) is 0 Å². The van der Waals surface area contributed by atoms with Crippen molar-refractivity contribution in [3.63, 3.8) is 0 Å². The first kappa shape index (κ1) is 14.4. The molecule has 0 aliphatic carbocycles. The summed E-state index contributed by atoms with van der Waals surface area (Å²) in [6, 6.07) is -0.242. The molecule has 90 valence electrons. The fourth-order valence-electron chi connectivity index (χ4n) is 1.21. The van der Waals surface area contributed by atoms with Crippen LogP contribution < -0.4 is 5.32 Å². The first-order valence-corrected chi connectivity index (χ1v) is 5.63. The Labute approximate surface area is 92.3 Å². The molecule has 4 nitrogen and oxygen atoms in total. The molecule has 0 amide bonds. The maximum atomic E-state index is 11.5. The van der Waals surface area contributed by atoms with Crippen molar-refractivity contribution >= 4 is 5.97 Å². The highest BCUT2D eigenvalue weighted by Crippen LogP contribution is 1.99. The minimum absolute atomic E-state index is 0.188. The molecule has 0 spiro atoms. The maximum absolute atomic E-state index is 11.5. The van der Waals surface area contributed by atoms with E-state index in [9.17, 15) is 4.79 Å². The summed E-state index contributed by atoms with van der Waals surface area (Å²) in [6.45, 7) is 9.49. The highest BCUT2D eigenvalue weighted by Gasteiger charge is 2.18. The Morgan fingerprint density at radius 3 is 2.47 bits per heavy atom. The molecule has 0 saturated heterocycles. The van der Waals surface area contributed by atoms with Gasteiger partial charge in [0.15, 0.2) is 0 Å². The summed E-state index contributed by atoms with van der Waals surface area (Å²) in [7, 11) is 0. The molecular weight excluding hydrogens is 194 g/mol. The lowest BCUT2D eigenvalue weighted by Gasteiger charge is -2.16. The number of ether oxygens (including phenoxy) is 2. The Kier molecular flexibility index (Phi) is 8.33. The second-order valence-corrected chi connectivity index (χ2v) is 3.57. The third-order valence-corrected chi connectivity index (χ3v) is 1.88. The lowest BCUT2D eigenvalue weighted by Crippen LogP contribution is -2.39. The van der Waals surface area contributed by atoms with Crippen molar-refractivity contribution in [2.45, 2.75) is 46.3 Å². The number of carbonyl (C=O) groups is 1. The summed E-state index contributed by atoms with van der Waals surface area (Å²) in [5, 5.41) is 3.09. The second kappa shape index (κ2) is 8.68. The fraction of sp³-hybridized carbons (Fsp3) is 0.909. The average Bonchev–Trinajstić information content (AvgIpc) is 2.16. The van der Waals surface area contributed by atoms with Crippen LogP contribution in [0.4, 0.5) is 0 Å². The first-order chi connectivity index (χ1) is 7.11. The van der Waals surface area contributed by atoms with E-state index in [1.807, 2.05) is 27.7 Å². The quantitative estimate of drug-likeness (QED) is 0.623. The minimum Gasteiger partial charge on any atom is -0.465 e. The standard InChI is InChI=1S/C11H23NO3/c1-5-12-10(11(13)14-6-2)7-8-15-9(3)4/h9-10,12H,5-8H2,1-4H3. The SMILES string of the molecule is CCNC(CCOC(C)C)C(=O)OCC. The van der Waals surface area contributed by atoms with Crippen molar-refractivity contribution in [2.24, 2.45) is 0 Å². The highest BCUT2D eigenvalue weighted by atomic mass is 16.5. The zero-order valence-electron chi connectivity index (χ0n) is 10.2. The molecule has 1 atom stereocenters. The molecule has 1 unspecified atom stereocenters. The van der Waals surface area contributed by atoms with Crippen LogP contribution in [0.15, 0.2) is 0 Å². The Bertz CT molecular complexity index is 171. The molecule has 0 bridgehead atoms. The van der Waals surface area contributed by atoms with Crippen molar-refractivity contribution in [3.8, 4) is 0 Å². The third kappa shape index (κ3) is 7.33. The van der Waals surface area contributed by atoms with Crippen molar-refractivity contribution in [1.29, 1.82) is 0 Å². The van der Waals surface area contributed by atoms with Crippen LogP contribution in [0.3, 0.4) is 0 Å². The van der Waals surface area contributed by atoms with Gasteiger partial charge in [-0.3, -0.25) is 4.79 Å². The van der Waals surface area contributed by atoms with Gasteiger partial charge in [-0.2, -0.15) is 0 Å². The Morgan fingerprint density at radius 1 is 1.33 bits per heavy atom. The van der Waals surface area contributed by atoms with E-state index in [2.05, 4.69) is 5.32 Å². The lowest BCUT2D eigenvalue weighted by atomic mass is 10.2. The van der Waals surface area contributed by atoms with E-state index in [-0.39, 0.29) is 18.1 Å². The van der Waals surface area contributed by atoms with Gasteiger partial charge in [-0.15, -0.1) is 0 Å². The Hall–Kier alpha value is -0.610. The Morgan fingerprint density at radius 2 is 2.00 bits per heavy atom. The van der Waals surface area contributed by atoms with Gasteiger partial charge in [0.1, 0.15) is 6.04 Å². The zero-order chi connectivity index (χ0) is 11.7. The molecule has 0 rings (SSSR count). The van der Waals surface area contributed by atoms with Crippen LogP contribution in [0.1, 0.15) is 34.1 Å². The molecule has 0 heterocycles. The van der Waals surface area contributed by atoms with E-state index in [0.29, 0.717) is 19.6 Å². The van der Waals surface area contributed by atoms with Gasteiger partial charge in [0.2, 0.25) is 0 Å². The van der Waals surface area contributed by atoms with E-state index < -0.39 is 0 Å². The number of carbonyl (C=O) groups excluding carboxylic acids is 1. The largest absolute Gasteiger partial charge is 0.465 e. The zero-order valence-corrected chi connectivity index (χ0v) is 10.2. The molecule has 0 radical (unpaired) electrons. The summed E-state index contributed by atoms with van der Waals surface area (Å²) < 4.78 is 10.4. The first-order valence-electron chi connectivity index (χ1n) is 5.63. The third-order valence-electron chi connectivity index (χ3n) is 1.88. The molecule has 0 aliphatic rings. The van der Waals surface area contributed by atoms with Crippen LogP contribution in [0.2, 0.25) is 0 Å². The molecule has 0 saturated carbocycles. The summed E-state index contributed by atoms with van der Waals surface area (Å²) in [6.07, 6.45) is 0.861. The van der Waals surface area contributed by atoms with Crippen LogP contribution >= 0.6 is 0 Å². The van der Waals surface area contributed by atoms with E-state index in [1.54, 1.807) is 0 Å². The van der Waals surface area contributed by atoms with Gasteiger partial charge in [0.25, 0.3) is 0 Å². The Balaban J connectivity index is 3.87. The number of rotatable bonds is 8. The van der Waals surface area contributed by atoms with Gasteiger partial charge < -0.3 is 14.8 Å². The van der Waals surface area contributed by atoms with Crippen molar-refractivity contribution < 1.29 is 14.3 Å². The number of esters is 1. The van der Waals surface area contributed by atoms with Crippen LogP contribution in [0.5, 0.6) is 0 Å². The maximum Gasteiger partial charge on any atom is 0.323 e. The summed E-state index contributed by atoms with van der Waals surface area (Å²) in [5.74, 6) is -0.188. The molecule has 0 fully saturated rings. The highest BCUT2D eigenvalue weighted by molar-refractivity contribution is 5.75. The van der Waals surface area contributed by atoms with E-state index >= 15 is 0 Å². The van der Waals surface area contributed by atoms with Gasteiger partial charge >= 0.3 is 5.97 Å². The second-order valence-electron chi connectivity index (χ2n) is 3.57. The van der Waals surface area contributed by atoms with Crippen LogP contribution in [-0.4, -0.2) is 37.9 Å². The number of hydrogen-bond acceptors (Lipinski definition) is 4. The van der Waals surface area contributed by atoms with Gasteiger partial charge in [-0.25, -0.2) is 0 Å². The minimum atomic E-state index is -0.242.